The highest BCUT2D eigenvalue weighted by Crippen LogP contribution is 2.35. The Bertz CT molecular complexity index is 1170. The molecule has 5 rings (SSSR count). The molecular formula is C30H38N4O3. The van der Waals surface area contributed by atoms with Crippen molar-refractivity contribution in [2.45, 2.75) is 63.5 Å². The van der Waals surface area contributed by atoms with Crippen LogP contribution in [0.5, 0.6) is 11.5 Å². The van der Waals surface area contributed by atoms with Crippen LogP contribution in [-0.4, -0.2) is 48.5 Å². The molecule has 2 fully saturated rings. The molecule has 2 aliphatic rings. The van der Waals surface area contributed by atoms with Gasteiger partial charge in [-0.2, -0.15) is 5.10 Å². The number of benzene rings is 2. The molecule has 1 aromatic heterocycles. The van der Waals surface area contributed by atoms with E-state index >= 15 is 0 Å². The van der Waals surface area contributed by atoms with E-state index in [1.165, 1.54) is 32.1 Å². The van der Waals surface area contributed by atoms with Crippen LogP contribution in [0, 0.1) is 5.92 Å². The van der Waals surface area contributed by atoms with Gasteiger partial charge in [-0.15, -0.1) is 0 Å². The number of ether oxygens (including phenoxy) is 2. The van der Waals surface area contributed by atoms with Gasteiger partial charge in [0, 0.05) is 29.7 Å². The van der Waals surface area contributed by atoms with Gasteiger partial charge in [0.1, 0.15) is 0 Å². The van der Waals surface area contributed by atoms with E-state index in [9.17, 15) is 4.79 Å². The summed E-state index contributed by atoms with van der Waals surface area (Å²) in [6.07, 6.45) is 13.3. The molecule has 0 bridgehead atoms. The number of hydrogen-bond donors (Lipinski definition) is 1. The lowest BCUT2D eigenvalue weighted by atomic mass is 9.82. The molecule has 2 aromatic carbocycles. The summed E-state index contributed by atoms with van der Waals surface area (Å²) in [5.41, 5.74) is 2.42. The van der Waals surface area contributed by atoms with Crippen LogP contribution in [-0.2, 0) is 0 Å². The van der Waals surface area contributed by atoms with Crippen LogP contribution in [0.15, 0.2) is 60.9 Å². The number of anilines is 1. The second kappa shape index (κ2) is 11.8. The molecule has 0 radical (unpaired) electrons. The van der Waals surface area contributed by atoms with Gasteiger partial charge in [-0.25, -0.2) is 4.68 Å². The number of amides is 1. The fourth-order valence-corrected chi connectivity index (χ4v) is 6.03. The second-order valence-electron chi connectivity index (χ2n) is 10.2. The number of rotatable bonds is 9. The number of nitrogens with one attached hydrogen (secondary N) is 1. The number of hydrogen-bond acceptors (Lipinski definition) is 5. The summed E-state index contributed by atoms with van der Waals surface area (Å²) >= 11 is 0. The van der Waals surface area contributed by atoms with Gasteiger partial charge in [-0.1, -0.05) is 38.2 Å². The number of nitrogens with zero attached hydrogens (tertiary/aromatic N) is 3. The normalized spacial score (nSPS) is 18.9. The fourth-order valence-electron chi connectivity index (χ4n) is 6.03. The zero-order valence-electron chi connectivity index (χ0n) is 21.9. The summed E-state index contributed by atoms with van der Waals surface area (Å²) in [5, 5.41) is 8.15. The Morgan fingerprint density at radius 2 is 1.86 bits per heavy atom. The summed E-state index contributed by atoms with van der Waals surface area (Å²) in [4.78, 5) is 16.5. The predicted octanol–water partition coefficient (Wildman–Crippen LogP) is 5.63. The third-order valence-electron chi connectivity index (χ3n) is 7.92. The molecule has 37 heavy (non-hydrogen) atoms. The van der Waals surface area contributed by atoms with Crippen LogP contribution in [0.4, 0.5) is 5.69 Å². The summed E-state index contributed by atoms with van der Waals surface area (Å²) in [7, 11) is 3.21. The van der Waals surface area contributed by atoms with E-state index in [2.05, 4.69) is 22.5 Å². The Kier molecular flexibility index (Phi) is 8.09. The molecule has 7 heteroatoms. The van der Waals surface area contributed by atoms with Crippen molar-refractivity contribution >= 4 is 11.6 Å². The predicted molar refractivity (Wildman–Crippen MR) is 146 cm³/mol. The Labute approximate surface area is 219 Å². The molecule has 1 aliphatic heterocycles. The first-order chi connectivity index (χ1) is 18.2. The Morgan fingerprint density at radius 1 is 1.03 bits per heavy atom. The molecule has 1 N–H and O–H groups in total. The third-order valence-corrected chi connectivity index (χ3v) is 7.92. The lowest BCUT2D eigenvalue weighted by molar-refractivity contribution is 0.0964. The zero-order valence-corrected chi connectivity index (χ0v) is 21.9. The molecule has 1 saturated carbocycles. The highest BCUT2D eigenvalue weighted by molar-refractivity contribution is 6.07. The average Bonchev–Trinajstić information content (AvgIpc) is 3.68. The molecule has 196 valence electrons. The van der Waals surface area contributed by atoms with Crippen molar-refractivity contribution in [1.82, 2.24) is 15.1 Å². The zero-order chi connectivity index (χ0) is 25.6. The van der Waals surface area contributed by atoms with Crippen molar-refractivity contribution in [3.05, 3.63) is 66.5 Å². The van der Waals surface area contributed by atoms with E-state index in [0.717, 1.165) is 37.2 Å². The molecule has 3 aromatic rings. The topological polar surface area (TPSA) is 68.6 Å². The largest absolute Gasteiger partial charge is 0.493 e. The van der Waals surface area contributed by atoms with E-state index in [1.54, 1.807) is 26.5 Å². The Balaban J connectivity index is 1.58. The van der Waals surface area contributed by atoms with Gasteiger partial charge >= 0.3 is 0 Å². The SMILES string of the molecule is COc1ccc(C(=O)N(c2cccc(-n3cccn3)c2)C(CC2CCCCC2)[C@@H]2CCCN2)cc1OC. The van der Waals surface area contributed by atoms with Crippen LogP contribution >= 0.6 is 0 Å². The van der Waals surface area contributed by atoms with Crippen molar-refractivity contribution in [1.29, 1.82) is 0 Å². The van der Waals surface area contributed by atoms with Gasteiger partial charge in [0.05, 0.1) is 25.9 Å². The lowest BCUT2D eigenvalue weighted by Gasteiger charge is -2.39. The molecule has 1 aliphatic carbocycles. The minimum atomic E-state index is -0.0203. The number of methoxy groups -OCH3 is 2. The van der Waals surface area contributed by atoms with Crippen molar-refractivity contribution in [3.8, 4) is 17.2 Å². The van der Waals surface area contributed by atoms with E-state index in [0.29, 0.717) is 23.0 Å². The summed E-state index contributed by atoms with van der Waals surface area (Å²) in [5.74, 6) is 1.79. The van der Waals surface area contributed by atoms with Crippen LogP contribution in [0.25, 0.3) is 5.69 Å². The molecule has 1 amide bonds. The minimum absolute atomic E-state index is 0.0203. The quantitative estimate of drug-likeness (QED) is 0.411. The van der Waals surface area contributed by atoms with Gasteiger partial charge in [-0.3, -0.25) is 4.79 Å². The minimum Gasteiger partial charge on any atom is -0.493 e. The number of carbonyl (C=O) groups excluding carboxylic acids is 1. The molecular weight excluding hydrogens is 464 g/mol. The standard InChI is InChI=1S/C30H38N4O3/c1-36-28-15-14-23(20-29(28)37-2)30(35)34(25-12-6-11-24(21-25)33-18-8-17-32-33)27(26-13-7-16-31-26)19-22-9-4-3-5-10-22/h6,8,11-12,14-15,17-18,20-22,26-27,31H,3-5,7,9-10,13,16,19H2,1-2H3/t26-,27?/m0/s1. The van der Waals surface area contributed by atoms with Crippen LogP contribution in [0.1, 0.15) is 61.7 Å². The molecule has 2 heterocycles. The first-order valence-corrected chi connectivity index (χ1v) is 13.6. The van der Waals surface area contributed by atoms with Crippen LogP contribution in [0.2, 0.25) is 0 Å². The van der Waals surface area contributed by atoms with Crippen LogP contribution in [0.3, 0.4) is 0 Å². The Morgan fingerprint density at radius 3 is 2.57 bits per heavy atom. The summed E-state index contributed by atoms with van der Waals surface area (Å²) in [6, 6.07) is 15.9. The fraction of sp³-hybridized carbons (Fsp3) is 0.467. The van der Waals surface area contributed by atoms with Gasteiger partial charge in [0.15, 0.2) is 11.5 Å². The molecule has 1 saturated heterocycles. The Hall–Kier alpha value is -3.32. The van der Waals surface area contributed by atoms with Crippen LogP contribution < -0.4 is 19.7 Å². The van der Waals surface area contributed by atoms with Crippen molar-refractivity contribution in [3.63, 3.8) is 0 Å². The second-order valence-corrected chi connectivity index (χ2v) is 10.2. The van der Waals surface area contributed by atoms with Crippen molar-refractivity contribution in [2.24, 2.45) is 5.92 Å². The molecule has 1 unspecified atom stereocenters. The maximum atomic E-state index is 14.4. The van der Waals surface area contributed by atoms with Gasteiger partial charge in [0.2, 0.25) is 0 Å². The lowest BCUT2D eigenvalue weighted by Crippen LogP contribution is -2.51. The van der Waals surface area contributed by atoms with Gasteiger partial charge in [0.25, 0.3) is 5.91 Å². The first kappa shape index (κ1) is 25.3. The van der Waals surface area contributed by atoms with E-state index in [4.69, 9.17) is 9.47 Å². The maximum Gasteiger partial charge on any atom is 0.258 e. The van der Waals surface area contributed by atoms with E-state index in [-0.39, 0.29) is 18.0 Å². The maximum absolute atomic E-state index is 14.4. The highest BCUT2D eigenvalue weighted by Gasteiger charge is 2.36. The van der Waals surface area contributed by atoms with Crippen molar-refractivity contribution in [2.75, 3.05) is 25.7 Å². The number of aromatic nitrogens is 2. The average molecular weight is 503 g/mol. The highest BCUT2D eigenvalue weighted by atomic mass is 16.5. The van der Waals surface area contributed by atoms with E-state index < -0.39 is 0 Å². The molecule has 2 atom stereocenters. The first-order valence-electron chi connectivity index (χ1n) is 13.6. The smallest absolute Gasteiger partial charge is 0.258 e. The monoisotopic (exact) mass is 502 g/mol. The molecule has 0 spiro atoms. The van der Waals surface area contributed by atoms with Gasteiger partial charge in [-0.05, 0) is 74.2 Å². The van der Waals surface area contributed by atoms with E-state index in [1.807, 2.05) is 46.1 Å². The summed E-state index contributed by atoms with van der Waals surface area (Å²) < 4.78 is 12.8. The summed E-state index contributed by atoms with van der Waals surface area (Å²) in [6.45, 7) is 0.998. The molecule has 7 nitrogen and oxygen atoms in total. The number of carbonyl (C=O) groups is 1. The third kappa shape index (κ3) is 5.67. The van der Waals surface area contributed by atoms with Gasteiger partial charge < -0.3 is 19.7 Å². The van der Waals surface area contributed by atoms with Crippen molar-refractivity contribution < 1.29 is 14.3 Å².